The summed E-state index contributed by atoms with van der Waals surface area (Å²) in [6.07, 6.45) is -4.47. The fourth-order valence-corrected chi connectivity index (χ4v) is 1.82. The van der Waals surface area contributed by atoms with Gasteiger partial charge in [-0.1, -0.05) is 0 Å². The Morgan fingerprint density at radius 1 is 1.30 bits per heavy atom. The molecule has 0 bridgehead atoms. The van der Waals surface area contributed by atoms with Crippen molar-refractivity contribution in [3.05, 3.63) is 17.5 Å². The molecule has 23 heavy (non-hydrogen) atoms. The zero-order chi connectivity index (χ0) is 17.6. The molecule has 10 heteroatoms. The van der Waals surface area contributed by atoms with Gasteiger partial charge in [-0.3, -0.25) is 9.48 Å². The highest BCUT2D eigenvalue weighted by molar-refractivity contribution is 5.95. The van der Waals surface area contributed by atoms with Crippen LogP contribution in [-0.2, 0) is 10.9 Å². The average molecular weight is 336 g/mol. The predicted octanol–water partition coefficient (Wildman–Crippen LogP) is 1.96. The van der Waals surface area contributed by atoms with Crippen LogP contribution in [0, 0.1) is 0 Å². The third-order valence-electron chi connectivity index (χ3n) is 2.75. The van der Waals surface area contributed by atoms with Gasteiger partial charge in [-0.05, 0) is 20.8 Å². The van der Waals surface area contributed by atoms with E-state index in [1.807, 2.05) is 0 Å². The molecule has 2 N–H and O–H groups in total. The van der Waals surface area contributed by atoms with E-state index < -0.39 is 35.5 Å². The van der Waals surface area contributed by atoms with Crippen LogP contribution >= 0.6 is 0 Å². The molecule has 0 spiro atoms. The van der Waals surface area contributed by atoms with Gasteiger partial charge in [0, 0.05) is 19.1 Å². The van der Waals surface area contributed by atoms with Crippen LogP contribution in [0.5, 0.6) is 0 Å². The molecular weight excluding hydrogens is 317 g/mol. The summed E-state index contributed by atoms with van der Waals surface area (Å²) < 4.78 is 44.7. The van der Waals surface area contributed by atoms with E-state index in [1.165, 1.54) is 13.8 Å². The summed E-state index contributed by atoms with van der Waals surface area (Å²) in [4.78, 5) is 22.9. The van der Waals surface area contributed by atoms with Gasteiger partial charge in [0.2, 0.25) is 0 Å². The predicted molar refractivity (Wildman–Crippen MR) is 75.0 cm³/mol. The Bertz CT molecular complexity index is 555. The molecule has 0 unspecified atom stereocenters. The third-order valence-corrected chi connectivity index (χ3v) is 2.75. The van der Waals surface area contributed by atoms with Gasteiger partial charge in [-0.2, -0.15) is 18.3 Å². The highest BCUT2D eigenvalue weighted by atomic mass is 19.4. The molecular formula is C13H19F3N4O3. The van der Waals surface area contributed by atoms with Crippen molar-refractivity contribution in [1.29, 1.82) is 0 Å². The maximum absolute atomic E-state index is 13.1. The van der Waals surface area contributed by atoms with Gasteiger partial charge in [-0.15, -0.1) is 0 Å². The summed E-state index contributed by atoms with van der Waals surface area (Å²) in [5.74, 6) is -0.908. The molecule has 2 amide bonds. The molecule has 1 rings (SSSR count). The van der Waals surface area contributed by atoms with Crippen molar-refractivity contribution in [2.24, 2.45) is 0 Å². The number of aromatic nitrogens is 2. The van der Waals surface area contributed by atoms with Crippen molar-refractivity contribution < 1.29 is 27.5 Å². The molecule has 0 fully saturated rings. The molecule has 0 aliphatic carbocycles. The van der Waals surface area contributed by atoms with Gasteiger partial charge in [0.25, 0.3) is 5.91 Å². The van der Waals surface area contributed by atoms with Gasteiger partial charge in [0.05, 0.1) is 18.4 Å². The zero-order valence-electron chi connectivity index (χ0n) is 13.0. The molecule has 1 aromatic heterocycles. The zero-order valence-corrected chi connectivity index (χ0v) is 13.0. The summed E-state index contributed by atoms with van der Waals surface area (Å²) in [7, 11) is 0. The Hall–Kier alpha value is -2.26. The number of halogens is 3. The van der Waals surface area contributed by atoms with Crippen LogP contribution in [-0.4, -0.2) is 41.5 Å². The minimum absolute atomic E-state index is 0.0320. The van der Waals surface area contributed by atoms with Gasteiger partial charge in [-0.25, -0.2) is 4.79 Å². The first-order valence-electron chi connectivity index (χ1n) is 7.02. The number of nitrogens with zero attached hydrogens (tertiary/aromatic N) is 2. The first-order valence-corrected chi connectivity index (χ1v) is 7.02. The number of rotatable bonds is 6. The van der Waals surface area contributed by atoms with Gasteiger partial charge < -0.3 is 15.4 Å². The number of alkyl carbamates (subject to hydrolysis) is 1. The Morgan fingerprint density at radius 2 is 1.91 bits per heavy atom. The number of hydrogen-bond donors (Lipinski definition) is 2. The molecule has 0 aromatic carbocycles. The van der Waals surface area contributed by atoms with Crippen molar-refractivity contribution >= 4 is 12.0 Å². The van der Waals surface area contributed by atoms with Crippen LogP contribution in [0.2, 0.25) is 0 Å². The van der Waals surface area contributed by atoms with E-state index in [9.17, 15) is 22.8 Å². The van der Waals surface area contributed by atoms with Gasteiger partial charge in [0.1, 0.15) is 0 Å². The standard InChI is InChI=1S/C13H19F3N4O3/c1-4-23-12(22)18-6-5-17-11(21)9-7-19-20(8(2)3)10(9)13(14,15)16/h7-8H,4-6H2,1-3H3,(H,17,21)(H,18,22). The van der Waals surface area contributed by atoms with Crippen LogP contribution in [0.4, 0.5) is 18.0 Å². The first-order chi connectivity index (χ1) is 10.7. The van der Waals surface area contributed by atoms with Crippen molar-refractivity contribution in [2.45, 2.75) is 33.0 Å². The Kier molecular flexibility index (Phi) is 6.40. The van der Waals surface area contributed by atoms with E-state index in [1.54, 1.807) is 6.92 Å². The molecule has 1 aromatic rings. The average Bonchev–Trinajstić information content (AvgIpc) is 2.88. The maximum Gasteiger partial charge on any atom is 0.433 e. The molecule has 0 saturated carbocycles. The maximum atomic E-state index is 13.1. The minimum Gasteiger partial charge on any atom is -0.450 e. The lowest BCUT2D eigenvalue weighted by Crippen LogP contribution is -2.35. The van der Waals surface area contributed by atoms with E-state index in [0.29, 0.717) is 0 Å². The fourth-order valence-electron chi connectivity index (χ4n) is 1.82. The smallest absolute Gasteiger partial charge is 0.433 e. The monoisotopic (exact) mass is 336 g/mol. The Labute approximate surface area is 131 Å². The second-order valence-electron chi connectivity index (χ2n) is 4.85. The number of carbonyl (C=O) groups excluding carboxylic acids is 2. The number of ether oxygens (including phenoxy) is 1. The number of carbonyl (C=O) groups is 2. The first kappa shape index (κ1) is 18.8. The summed E-state index contributed by atoms with van der Waals surface area (Å²) in [5, 5.41) is 8.27. The van der Waals surface area contributed by atoms with E-state index >= 15 is 0 Å². The minimum atomic E-state index is -4.70. The summed E-state index contributed by atoms with van der Waals surface area (Å²) in [6.45, 7) is 4.89. The van der Waals surface area contributed by atoms with Crippen LogP contribution in [0.25, 0.3) is 0 Å². The van der Waals surface area contributed by atoms with Crippen molar-refractivity contribution in [1.82, 2.24) is 20.4 Å². The molecule has 0 saturated heterocycles. The molecule has 0 atom stereocenters. The van der Waals surface area contributed by atoms with E-state index in [0.717, 1.165) is 10.9 Å². The Morgan fingerprint density at radius 3 is 2.43 bits per heavy atom. The van der Waals surface area contributed by atoms with Crippen molar-refractivity contribution in [3.8, 4) is 0 Å². The molecule has 0 aliphatic heterocycles. The molecule has 0 aliphatic rings. The summed E-state index contributed by atoms with van der Waals surface area (Å²) in [6, 6.07) is -0.543. The number of nitrogens with one attached hydrogen (secondary N) is 2. The molecule has 7 nitrogen and oxygen atoms in total. The molecule has 0 radical (unpaired) electrons. The highest BCUT2D eigenvalue weighted by Crippen LogP contribution is 2.33. The highest BCUT2D eigenvalue weighted by Gasteiger charge is 2.40. The lowest BCUT2D eigenvalue weighted by Gasteiger charge is -2.15. The fraction of sp³-hybridized carbons (Fsp3) is 0.615. The van der Waals surface area contributed by atoms with Crippen LogP contribution in [0.1, 0.15) is 42.9 Å². The number of hydrogen-bond acceptors (Lipinski definition) is 4. The quantitative estimate of drug-likeness (QED) is 0.778. The van der Waals surface area contributed by atoms with E-state index in [4.69, 9.17) is 0 Å². The van der Waals surface area contributed by atoms with Crippen LogP contribution < -0.4 is 10.6 Å². The van der Waals surface area contributed by atoms with Crippen molar-refractivity contribution in [3.63, 3.8) is 0 Å². The van der Waals surface area contributed by atoms with Crippen LogP contribution in [0.3, 0.4) is 0 Å². The number of amides is 2. The van der Waals surface area contributed by atoms with Crippen molar-refractivity contribution in [2.75, 3.05) is 19.7 Å². The van der Waals surface area contributed by atoms with Crippen LogP contribution in [0.15, 0.2) is 6.20 Å². The SMILES string of the molecule is CCOC(=O)NCCNC(=O)c1cnn(C(C)C)c1C(F)(F)F. The molecule has 1 heterocycles. The third kappa shape index (κ3) is 5.15. The second-order valence-corrected chi connectivity index (χ2v) is 4.85. The number of alkyl halides is 3. The second kappa shape index (κ2) is 7.84. The lowest BCUT2D eigenvalue weighted by molar-refractivity contribution is -0.145. The van der Waals surface area contributed by atoms with Gasteiger partial charge >= 0.3 is 12.3 Å². The molecule has 130 valence electrons. The normalized spacial score (nSPS) is 11.4. The summed E-state index contributed by atoms with van der Waals surface area (Å²) >= 11 is 0. The summed E-state index contributed by atoms with van der Waals surface area (Å²) in [5.41, 5.74) is -1.65. The van der Waals surface area contributed by atoms with E-state index in [-0.39, 0.29) is 19.7 Å². The lowest BCUT2D eigenvalue weighted by atomic mass is 10.2. The topological polar surface area (TPSA) is 85.2 Å². The Balaban J connectivity index is 2.72. The van der Waals surface area contributed by atoms with Gasteiger partial charge in [0.15, 0.2) is 5.69 Å². The van der Waals surface area contributed by atoms with E-state index in [2.05, 4.69) is 20.5 Å². The largest absolute Gasteiger partial charge is 0.450 e.